The molecule has 0 unspecified atom stereocenters. The number of carbonyl (C=O) groups is 3. The van der Waals surface area contributed by atoms with Gasteiger partial charge in [-0.05, 0) is 18.2 Å². The standard InChI is InChI=1S/C23H10F7NO4/c24-16-15(23(28,29)30)17(25)19(27)22(18(16)26)35-8-14(32)31-9-5-6-12-13(7-9)21(34)11-4-2-1-3-10(11)20(12)33/h1-7H,8H2,(H,31,32). The molecule has 5 nitrogen and oxygen atoms in total. The minimum Gasteiger partial charge on any atom is -0.477 e. The van der Waals surface area contributed by atoms with Crippen LogP contribution in [-0.4, -0.2) is 24.1 Å². The van der Waals surface area contributed by atoms with Gasteiger partial charge in [-0.25, -0.2) is 8.78 Å². The monoisotopic (exact) mass is 497 g/mol. The quantitative estimate of drug-likeness (QED) is 0.316. The zero-order chi connectivity index (χ0) is 25.7. The molecule has 3 aromatic carbocycles. The Morgan fingerprint density at radius 1 is 0.771 bits per heavy atom. The number of fused-ring (bicyclic) bond motifs is 2. The molecule has 0 saturated heterocycles. The predicted molar refractivity (Wildman–Crippen MR) is 105 cm³/mol. The highest BCUT2D eigenvalue weighted by atomic mass is 19.4. The Morgan fingerprint density at radius 2 is 1.29 bits per heavy atom. The van der Waals surface area contributed by atoms with E-state index in [2.05, 4.69) is 10.1 Å². The van der Waals surface area contributed by atoms with E-state index in [-0.39, 0.29) is 27.9 Å². The fraction of sp³-hybridized carbons (Fsp3) is 0.0870. The van der Waals surface area contributed by atoms with Gasteiger partial charge in [-0.3, -0.25) is 14.4 Å². The van der Waals surface area contributed by atoms with E-state index in [0.717, 1.165) is 0 Å². The summed E-state index contributed by atoms with van der Waals surface area (Å²) in [5.41, 5.74) is -2.42. The predicted octanol–water partition coefficient (Wildman–Crippen LogP) is 5.05. The highest BCUT2D eigenvalue weighted by Gasteiger charge is 2.43. The van der Waals surface area contributed by atoms with Crippen molar-refractivity contribution in [1.29, 1.82) is 0 Å². The molecule has 0 fully saturated rings. The van der Waals surface area contributed by atoms with Crippen LogP contribution < -0.4 is 10.1 Å². The van der Waals surface area contributed by atoms with Crippen LogP contribution in [0, 0.1) is 23.3 Å². The first-order valence-corrected chi connectivity index (χ1v) is 9.60. The molecule has 0 spiro atoms. The zero-order valence-electron chi connectivity index (χ0n) is 17.0. The van der Waals surface area contributed by atoms with E-state index in [1.807, 2.05) is 0 Å². The van der Waals surface area contributed by atoms with Crippen molar-refractivity contribution in [3.05, 3.63) is 93.6 Å². The molecule has 0 aliphatic heterocycles. The van der Waals surface area contributed by atoms with Gasteiger partial charge in [0.25, 0.3) is 5.91 Å². The first-order chi connectivity index (χ1) is 16.4. The van der Waals surface area contributed by atoms with Gasteiger partial charge in [0.15, 0.2) is 35.6 Å². The summed E-state index contributed by atoms with van der Waals surface area (Å²) in [5, 5.41) is 2.19. The first-order valence-electron chi connectivity index (χ1n) is 9.60. The van der Waals surface area contributed by atoms with Crippen molar-refractivity contribution in [3.63, 3.8) is 0 Å². The van der Waals surface area contributed by atoms with Crippen LogP contribution in [0.1, 0.15) is 37.4 Å². The molecule has 35 heavy (non-hydrogen) atoms. The Balaban J connectivity index is 1.53. The molecule has 1 aliphatic rings. The number of carbonyl (C=O) groups excluding carboxylic acids is 3. The number of alkyl halides is 3. The Kier molecular flexibility index (Phi) is 5.83. The molecule has 12 heteroatoms. The highest BCUT2D eigenvalue weighted by Crippen LogP contribution is 2.39. The summed E-state index contributed by atoms with van der Waals surface area (Å²) in [6, 6.07) is 9.75. The number of ether oxygens (including phenoxy) is 1. The normalized spacial score (nSPS) is 12.8. The average molecular weight is 497 g/mol. The zero-order valence-corrected chi connectivity index (χ0v) is 17.0. The van der Waals surface area contributed by atoms with Crippen molar-refractivity contribution < 1.29 is 49.9 Å². The third kappa shape index (κ3) is 4.11. The maximum atomic E-state index is 13.9. The van der Waals surface area contributed by atoms with Crippen molar-refractivity contribution in [2.24, 2.45) is 0 Å². The molecule has 4 rings (SSSR count). The molecule has 3 aromatic rings. The lowest BCUT2D eigenvalue weighted by molar-refractivity contribution is -0.143. The topological polar surface area (TPSA) is 72.5 Å². The van der Waals surface area contributed by atoms with Crippen LogP contribution in [0.25, 0.3) is 0 Å². The minimum atomic E-state index is -5.72. The Bertz CT molecular complexity index is 1390. The van der Waals surface area contributed by atoms with E-state index in [4.69, 9.17) is 0 Å². The first kappa shape index (κ1) is 23.9. The van der Waals surface area contributed by atoms with Crippen LogP contribution in [-0.2, 0) is 11.0 Å². The third-order valence-electron chi connectivity index (χ3n) is 5.06. The Morgan fingerprint density at radius 3 is 1.83 bits per heavy atom. The fourth-order valence-electron chi connectivity index (χ4n) is 3.50. The van der Waals surface area contributed by atoms with E-state index in [9.17, 15) is 45.1 Å². The second-order valence-corrected chi connectivity index (χ2v) is 7.26. The average Bonchev–Trinajstić information content (AvgIpc) is 2.80. The number of rotatable bonds is 4. The Labute approximate surface area is 191 Å². The number of hydrogen-bond donors (Lipinski definition) is 1. The lowest BCUT2D eigenvalue weighted by atomic mass is 9.84. The summed E-state index contributed by atoms with van der Waals surface area (Å²) in [6.07, 6.45) is -5.72. The molecule has 0 heterocycles. The lowest BCUT2D eigenvalue weighted by Gasteiger charge is -2.18. The summed E-state index contributed by atoms with van der Waals surface area (Å²) < 4.78 is 97.5. The van der Waals surface area contributed by atoms with Crippen molar-refractivity contribution in [2.45, 2.75) is 6.18 Å². The van der Waals surface area contributed by atoms with Gasteiger partial charge in [0.2, 0.25) is 11.6 Å². The summed E-state index contributed by atoms with van der Waals surface area (Å²) >= 11 is 0. The van der Waals surface area contributed by atoms with E-state index in [1.54, 1.807) is 12.1 Å². The summed E-state index contributed by atoms with van der Waals surface area (Å²) in [7, 11) is 0. The molecule has 0 aromatic heterocycles. The number of hydrogen-bond acceptors (Lipinski definition) is 4. The lowest BCUT2D eigenvalue weighted by Crippen LogP contribution is -2.24. The van der Waals surface area contributed by atoms with Gasteiger partial charge in [0, 0.05) is 27.9 Å². The highest BCUT2D eigenvalue weighted by molar-refractivity contribution is 6.28. The van der Waals surface area contributed by atoms with Gasteiger partial charge in [-0.15, -0.1) is 0 Å². The van der Waals surface area contributed by atoms with Crippen LogP contribution in [0.5, 0.6) is 5.75 Å². The van der Waals surface area contributed by atoms with Crippen LogP contribution in [0.15, 0.2) is 42.5 Å². The van der Waals surface area contributed by atoms with E-state index < -0.39 is 64.8 Å². The molecule has 0 atom stereocenters. The number of nitrogens with one attached hydrogen (secondary N) is 1. The second kappa shape index (κ2) is 8.53. The number of anilines is 1. The van der Waals surface area contributed by atoms with Gasteiger partial charge in [0.05, 0.1) is 0 Å². The van der Waals surface area contributed by atoms with Gasteiger partial charge in [0.1, 0.15) is 5.56 Å². The van der Waals surface area contributed by atoms with Crippen LogP contribution in [0.4, 0.5) is 36.4 Å². The molecule has 0 bridgehead atoms. The van der Waals surface area contributed by atoms with Gasteiger partial charge < -0.3 is 10.1 Å². The van der Waals surface area contributed by atoms with Crippen molar-refractivity contribution in [2.75, 3.05) is 11.9 Å². The number of benzene rings is 3. The molecule has 1 aliphatic carbocycles. The van der Waals surface area contributed by atoms with Crippen LogP contribution >= 0.6 is 0 Å². The summed E-state index contributed by atoms with van der Waals surface area (Å²) in [4.78, 5) is 37.4. The molecular formula is C23H10F7NO4. The van der Waals surface area contributed by atoms with Crippen LogP contribution in [0.3, 0.4) is 0 Å². The Hall–Kier alpha value is -4.22. The smallest absolute Gasteiger partial charge is 0.422 e. The van der Waals surface area contributed by atoms with E-state index >= 15 is 0 Å². The van der Waals surface area contributed by atoms with E-state index in [1.165, 1.54) is 30.3 Å². The van der Waals surface area contributed by atoms with Crippen molar-refractivity contribution in [1.82, 2.24) is 0 Å². The fourth-order valence-corrected chi connectivity index (χ4v) is 3.50. The van der Waals surface area contributed by atoms with Gasteiger partial charge in [-0.1, -0.05) is 24.3 Å². The van der Waals surface area contributed by atoms with Gasteiger partial charge >= 0.3 is 6.18 Å². The van der Waals surface area contributed by atoms with E-state index in [0.29, 0.717) is 0 Å². The minimum absolute atomic E-state index is 0.0311. The largest absolute Gasteiger partial charge is 0.477 e. The van der Waals surface area contributed by atoms with Crippen molar-refractivity contribution >= 4 is 23.2 Å². The van der Waals surface area contributed by atoms with Crippen molar-refractivity contribution in [3.8, 4) is 5.75 Å². The summed E-state index contributed by atoms with van der Waals surface area (Å²) in [5.74, 6) is -14.3. The summed E-state index contributed by atoms with van der Waals surface area (Å²) in [6.45, 7) is -1.26. The maximum absolute atomic E-state index is 13.9. The number of ketones is 2. The molecular weight excluding hydrogens is 487 g/mol. The molecule has 0 saturated carbocycles. The molecule has 1 N–H and O–H groups in total. The molecule has 180 valence electrons. The maximum Gasteiger partial charge on any atom is 0.422 e. The SMILES string of the molecule is O=C(COc1c(F)c(F)c(C(F)(F)F)c(F)c1F)Nc1ccc2c(c1)C(=O)c1ccccc1C2=O. The third-order valence-corrected chi connectivity index (χ3v) is 5.06. The van der Waals surface area contributed by atoms with Crippen LogP contribution in [0.2, 0.25) is 0 Å². The second-order valence-electron chi connectivity index (χ2n) is 7.26. The molecule has 1 amide bonds. The number of halogens is 7. The van der Waals surface area contributed by atoms with Gasteiger partial charge in [-0.2, -0.15) is 22.0 Å². The number of amides is 1. The molecule has 0 radical (unpaired) electrons.